The summed E-state index contributed by atoms with van der Waals surface area (Å²) >= 11 is 0. The second kappa shape index (κ2) is 10.6. The zero-order valence-corrected chi connectivity index (χ0v) is 15.4. The minimum absolute atomic E-state index is 0.130. The van der Waals surface area contributed by atoms with Gasteiger partial charge < -0.3 is 15.4 Å². The van der Waals surface area contributed by atoms with Gasteiger partial charge in [0.25, 0.3) is 5.91 Å². The number of nitrogens with one attached hydrogen (secondary N) is 2. The van der Waals surface area contributed by atoms with Crippen molar-refractivity contribution in [1.82, 2.24) is 10.6 Å². The first-order chi connectivity index (χ1) is 12.6. The van der Waals surface area contributed by atoms with Crippen LogP contribution in [0.3, 0.4) is 0 Å². The zero-order valence-electron chi connectivity index (χ0n) is 15.4. The lowest BCUT2D eigenvalue weighted by Gasteiger charge is -2.20. The molecule has 142 valence electrons. The van der Waals surface area contributed by atoms with Gasteiger partial charge in [-0.25, -0.2) is 0 Å². The molecule has 1 aromatic rings. The van der Waals surface area contributed by atoms with Gasteiger partial charge in [0.15, 0.2) is 0 Å². The summed E-state index contributed by atoms with van der Waals surface area (Å²) in [6.45, 7) is 2.80. The molecule has 1 aliphatic carbocycles. The van der Waals surface area contributed by atoms with Crippen molar-refractivity contribution in [3.05, 3.63) is 35.4 Å². The van der Waals surface area contributed by atoms with E-state index < -0.39 is 0 Å². The van der Waals surface area contributed by atoms with Crippen molar-refractivity contribution in [3.63, 3.8) is 0 Å². The molecule has 1 aromatic carbocycles. The Labute approximate surface area is 154 Å². The second-order valence-corrected chi connectivity index (χ2v) is 6.56. The van der Waals surface area contributed by atoms with Crippen LogP contribution in [0.5, 0.6) is 0 Å². The number of rotatable bonds is 8. The number of carbonyl (C=O) groups is 3. The van der Waals surface area contributed by atoms with Crippen molar-refractivity contribution >= 4 is 17.8 Å². The maximum absolute atomic E-state index is 12.2. The molecule has 2 N–H and O–H groups in total. The molecule has 0 atom stereocenters. The molecular weight excluding hydrogens is 332 g/mol. The summed E-state index contributed by atoms with van der Waals surface area (Å²) in [7, 11) is 0. The van der Waals surface area contributed by atoms with E-state index in [0.717, 1.165) is 31.2 Å². The lowest BCUT2D eigenvalue weighted by molar-refractivity contribution is -0.142. The molecule has 0 radical (unpaired) electrons. The van der Waals surface area contributed by atoms with Crippen LogP contribution in [0.25, 0.3) is 0 Å². The molecule has 1 aliphatic rings. The summed E-state index contributed by atoms with van der Waals surface area (Å²) in [6, 6.07) is 7.12. The molecule has 2 rings (SSSR count). The third-order valence-corrected chi connectivity index (χ3v) is 4.58. The number of esters is 1. The Morgan fingerprint density at radius 3 is 2.38 bits per heavy atom. The third-order valence-electron chi connectivity index (χ3n) is 4.58. The molecule has 0 heterocycles. The van der Waals surface area contributed by atoms with Crippen LogP contribution in [-0.4, -0.2) is 30.9 Å². The average molecular weight is 360 g/mol. The Kier molecular flexibility index (Phi) is 8.12. The predicted octanol–water partition coefficient (Wildman–Crippen LogP) is 2.57. The van der Waals surface area contributed by atoms with Gasteiger partial charge in [0, 0.05) is 24.6 Å². The first-order valence-corrected chi connectivity index (χ1v) is 9.40. The molecule has 1 fully saturated rings. The van der Waals surface area contributed by atoms with E-state index in [4.69, 9.17) is 4.74 Å². The van der Waals surface area contributed by atoms with Crippen LogP contribution >= 0.6 is 0 Å². The first-order valence-electron chi connectivity index (χ1n) is 9.40. The fourth-order valence-corrected chi connectivity index (χ4v) is 3.09. The summed E-state index contributed by atoms with van der Waals surface area (Å²) in [5.74, 6) is -0.275. The van der Waals surface area contributed by atoms with Crippen LogP contribution in [0.15, 0.2) is 24.3 Å². The summed E-state index contributed by atoms with van der Waals surface area (Å²) in [4.78, 5) is 35.4. The van der Waals surface area contributed by atoms with Crippen molar-refractivity contribution < 1.29 is 19.1 Å². The zero-order chi connectivity index (χ0) is 18.8. The minimum atomic E-state index is -0.322. The number of amides is 2. The second-order valence-electron chi connectivity index (χ2n) is 6.56. The van der Waals surface area contributed by atoms with Crippen LogP contribution < -0.4 is 10.6 Å². The smallest absolute Gasteiger partial charge is 0.307 e. The third kappa shape index (κ3) is 6.50. The molecule has 6 nitrogen and oxygen atoms in total. The summed E-state index contributed by atoms with van der Waals surface area (Å²) in [5.41, 5.74) is 1.48. The van der Waals surface area contributed by atoms with Gasteiger partial charge in [-0.05, 0) is 37.5 Å². The largest absolute Gasteiger partial charge is 0.466 e. The maximum atomic E-state index is 12.2. The Hall–Kier alpha value is -2.37. The van der Waals surface area contributed by atoms with Crippen molar-refractivity contribution in [3.8, 4) is 0 Å². The lowest BCUT2D eigenvalue weighted by atomic mass is 9.88. The van der Waals surface area contributed by atoms with Gasteiger partial charge in [-0.3, -0.25) is 14.4 Å². The lowest BCUT2D eigenvalue weighted by Crippen LogP contribution is -2.31. The highest BCUT2D eigenvalue weighted by molar-refractivity contribution is 5.94. The van der Waals surface area contributed by atoms with E-state index in [1.54, 1.807) is 19.1 Å². The predicted molar refractivity (Wildman–Crippen MR) is 98.4 cm³/mol. The topological polar surface area (TPSA) is 84.5 Å². The number of hydrogen-bond acceptors (Lipinski definition) is 4. The van der Waals surface area contributed by atoms with Gasteiger partial charge in [0.05, 0.1) is 13.0 Å². The molecule has 0 spiro atoms. The van der Waals surface area contributed by atoms with E-state index >= 15 is 0 Å². The van der Waals surface area contributed by atoms with Gasteiger partial charge >= 0.3 is 5.97 Å². The standard InChI is InChI=1S/C20H28N2O4/c1-2-26-18(23)12-13-21-19(24)17-10-8-15(9-11-17)14-22-20(25)16-6-4-3-5-7-16/h8-11,16H,2-7,12-14H2,1H3,(H,21,24)(H,22,25). The minimum Gasteiger partial charge on any atom is -0.466 e. The fraction of sp³-hybridized carbons (Fsp3) is 0.550. The molecule has 0 saturated heterocycles. The van der Waals surface area contributed by atoms with E-state index in [2.05, 4.69) is 10.6 Å². The summed E-state index contributed by atoms with van der Waals surface area (Å²) in [6.07, 6.45) is 5.63. The van der Waals surface area contributed by atoms with Crippen LogP contribution in [0.2, 0.25) is 0 Å². The van der Waals surface area contributed by atoms with Gasteiger partial charge in [-0.2, -0.15) is 0 Å². The van der Waals surface area contributed by atoms with E-state index in [0.29, 0.717) is 18.7 Å². The Morgan fingerprint density at radius 2 is 1.73 bits per heavy atom. The maximum Gasteiger partial charge on any atom is 0.307 e. The van der Waals surface area contributed by atoms with Crippen LogP contribution in [0.4, 0.5) is 0 Å². The van der Waals surface area contributed by atoms with Gasteiger partial charge in [0.2, 0.25) is 5.91 Å². The van der Waals surface area contributed by atoms with E-state index in [1.807, 2.05) is 12.1 Å². The number of carbonyl (C=O) groups excluding carboxylic acids is 3. The molecule has 0 unspecified atom stereocenters. The van der Waals surface area contributed by atoms with Crippen LogP contribution in [-0.2, 0) is 20.9 Å². The van der Waals surface area contributed by atoms with E-state index in [9.17, 15) is 14.4 Å². The van der Waals surface area contributed by atoms with E-state index in [-0.39, 0.29) is 36.7 Å². The fourth-order valence-electron chi connectivity index (χ4n) is 3.09. The Balaban J connectivity index is 1.73. The van der Waals surface area contributed by atoms with Crippen molar-refractivity contribution in [2.75, 3.05) is 13.2 Å². The van der Waals surface area contributed by atoms with Gasteiger partial charge in [0.1, 0.15) is 0 Å². The monoisotopic (exact) mass is 360 g/mol. The number of hydrogen-bond donors (Lipinski definition) is 2. The summed E-state index contributed by atoms with van der Waals surface area (Å²) < 4.78 is 4.81. The quantitative estimate of drug-likeness (QED) is 0.698. The number of benzene rings is 1. The molecule has 0 aromatic heterocycles. The highest BCUT2D eigenvalue weighted by Gasteiger charge is 2.20. The normalized spacial score (nSPS) is 14.5. The highest BCUT2D eigenvalue weighted by Crippen LogP contribution is 2.23. The Morgan fingerprint density at radius 1 is 1.04 bits per heavy atom. The molecule has 6 heteroatoms. The molecular formula is C20H28N2O4. The van der Waals surface area contributed by atoms with Crippen LogP contribution in [0, 0.1) is 5.92 Å². The first kappa shape index (κ1) is 19.9. The van der Waals surface area contributed by atoms with Crippen molar-refractivity contribution in [2.24, 2.45) is 5.92 Å². The van der Waals surface area contributed by atoms with Gasteiger partial charge in [-0.1, -0.05) is 31.4 Å². The highest BCUT2D eigenvalue weighted by atomic mass is 16.5. The SMILES string of the molecule is CCOC(=O)CCNC(=O)c1ccc(CNC(=O)C2CCCCC2)cc1. The molecule has 26 heavy (non-hydrogen) atoms. The molecule has 1 saturated carbocycles. The molecule has 0 aliphatic heterocycles. The molecule has 2 amide bonds. The summed E-state index contributed by atoms with van der Waals surface area (Å²) in [5, 5.41) is 5.68. The average Bonchev–Trinajstić information content (AvgIpc) is 2.67. The Bertz CT molecular complexity index is 607. The van der Waals surface area contributed by atoms with Gasteiger partial charge in [-0.15, -0.1) is 0 Å². The number of ether oxygens (including phenoxy) is 1. The van der Waals surface area contributed by atoms with Crippen molar-refractivity contribution in [1.29, 1.82) is 0 Å². The van der Waals surface area contributed by atoms with Crippen LogP contribution in [0.1, 0.15) is 61.4 Å². The van der Waals surface area contributed by atoms with E-state index in [1.165, 1.54) is 6.42 Å². The molecule has 0 bridgehead atoms. The van der Waals surface area contributed by atoms with Crippen molar-refractivity contribution in [2.45, 2.75) is 52.0 Å².